The van der Waals surface area contributed by atoms with E-state index in [9.17, 15) is 15.2 Å². The van der Waals surface area contributed by atoms with Crippen molar-refractivity contribution < 1.29 is 9.90 Å². The fourth-order valence-electron chi connectivity index (χ4n) is 2.67. The maximum Gasteiger partial charge on any atom is 0.326 e. The Labute approximate surface area is 120 Å². The molecule has 0 saturated carbocycles. The SMILES string of the molecule is CC1CCCN(c2cc(Br)ccc2C#N)C1C(=O)O. The maximum absolute atomic E-state index is 11.5. The molecule has 1 saturated heterocycles. The van der Waals surface area contributed by atoms with E-state index in [0.29, 0.717) is 17.8 Å². The minimum atomic E-state index is -0.823. The van der Waals surface area contributed by atoms with E-state index in [1.54, 1.807) is 12.1 Å². The van der Waals surface area contributed by atoms with Gasteiger partial charge in [-0.25, -0.2) is 4.79 Å². The number of carbonyl (C=O) groups is 1. The lowest BCUT2D eigenvalue weighted by molar-refractivity contribution is -0.140. The molecule has 0 bridgehead atoms. The largest absolute Gasteiger partial charge is 0.480 e. The van der Waals surface area contributed by atoms with Crippen LogP contribution in [0.4, 0.5) is 5.69 Å². The topological polar surface area (TPSA) is 64.3 Å². The Balaban J connectivity index is 2.46. The molecule has 0 radical (unpaired) electrons. The Kier molecular flexibility index (Phi) is 4.11. The van der Waals surface area contributed by atoms with E-state index >= 15 is 0 Å². The predicted octanol–water partition coefficient (Wildman–Crippen LogP) is 3.01. The molecule has 1 aromatic rings. The van der Waals surface area contributed by atoms with Gasteiger partial charge in [0.25, 0.3) is 0 Å². The minimum Gasteiger partial charge on any atom is -0.480 e. The van der Waals surface area contributed by atoms with Crippen LogP contribution in [0, 0.1) is 17.2 Å². The average molecular weight is 323 g/mol. The molecule has 0 aromatic heterocycles. The number of nitrogens with zero attached hydrogens (tertiary/aromatic N) is 2. The van der Waals surface area contributed by atoms with Gasteiger partial charge in [-0.05, 0) is 37.0 Å². The van der Waals surface area contributed by atoms with Gasteiger partial charge in [-0.15, -0.1) is 0 Å². The van der Waals surface area contributed by atoms with Crippen LogP contribution in [-0.4, -0.2) is 23.7 Å². The highest BCUT2D eigenvalue weighted by Gasteiger charge is 2.35. The second-order valence-corrected chi connectivity index (χ2v) is 5.78. The summed E-state index contributed by atoms with van der Waals surface area (Å²) in [6.45, 7) is 2.63. The zero-order valence-corrected chi connectivity index (χ0v) is 12.2. The first kappa shape index (κ1) is 13.9. The number of carboxylic acids is 1. The summed E-state index contributed by atoms with van der Waals surface area (Å²) in [6, 6.07) is 6.92. The predicted molar refractivity (Wildman–Crippen MR) is 76.0 cm³/mol. The Morgan fingerprint density at radius 1 is 1.58 bits per heavy atom. The van der Waals surface area contributed by atoms with Crippen LogP contribution in [0.25, 0.3) is 0 Å². The number of halogens is 1. The second kappa shape index (κ2) is 5.62. The molecule has 4 nitrogen and oxygen atoms in total. The molecule has 1 aliphatic heterocycles. The summed E-state index contributed by atoms with van der Waals surface area (Å²) in [7, 11) is 0. The number of benzene rings is 1. The zero-order valence-electron chi connectivity index (χ0n) is 10.6. The lowest BCUT2D eigenvalue weighted by Gasteiger charge is -2.39. The van der Waals surface area contributed by atoms with Crippen LogP contribution in [0.15, 0.2) is 22.7 Å². The van der Waals surface area contributed by atoms with Crippen molar-refractivity contribution in [1.29, 1.82) is 5.26 Å². The van der Waals surface area contributed by atoms with Gasteiger partial charge in [-0.1, -0.05) is 22.9 Å². The van der Waals surface area contributed by atoms with Crippen LogP contribution in [0.3, 0.4) is 0 Å². The summed E-state index contributed by atoms with van der Waals surface area (Å²) in [4.78, 5) is 13.3. The van der Waals surface area contributed by atoms with Gasteiger partial charge in [-0.2, -0.15) is 5.26 Å². The lowest BCUT2D eigenvalue weighted by atomic mass is 9.90. The second-order valence-electron chi connectivity index (χ2n) is 4.87. The van der Waals surface area contributed by atoms with E-state index in [1.807, 2.05) is 17.9 Å². The summed E-state index contributed by atoms with van der Waals surface area (Å²) < 4.78 is 0.851. The fraction of sp³-hybridized carbons (Fsp3) is 0.429. The maximum atomic E-state index is 11.5. The summed E-state index contributed by atoms with van der Waals surface area (Å²) in [5, 5.41) is 18.6. The normalized spacial score (nSPS) is 22.9. The van der Waals surface area contributed by atoms with E-state index < -0.39 is 12.0 Å². The third kappa shape index (κ3) is 2.74. The van der Waals surface area contributed by atoms with Gasteiger partial charge in [-0.3, -0.25) is 0 Å². The number of rotatable bonds is 2. The van der Waals surface area contributed by atoms with Crippen LogP contribution in [0.1, 0.15) is 25.3 Å². The van der Waals surface area contributed by atoms with Gasteiger partial charge in [0.15, 0.2) is 0 Å². The zero-order chi connectivity index (χ0) is 14.0. The first-order valence-electron chi connectivity index (χ1n) is 6.23. The molecule has 2 atom stereocenters. The number of anilines is 1. The number of aliphatic carboxylic acids is 1. The molecule has 19 heavy (non-hydrogen) atoms. The van der Waals surface area contributed by atoms with Gasteiger partial charge < -0.3 is 10.0 Å². The van der Waals surface area contributed by atoms with E-state index in [1.165, 1.54) is 0 Å². The Hall–Kier alpha value is -1.54. The van der Waals surface area contributed by atoms with Crippen molar-refractivity contribution in [3.63, 3.8) is 0 Å². The van der Waals surface area contributed by atoms with E-state index in [2.05, 4.69) is 22.0 Å². The Bertz CT molecular complexity index is 539. The molecule has 5 heteroatoms. The summed E-state index contributed by atoms with van der Waals surface area (Å²) in [6.07, 6.45) is 1.85. The number of hydrogen-bond donors (Lipinski definition) is 1. The van der Waals surface area contributed by atoms with Crippen LogP contribution >= 0.6 is 15.9 Å². The lowest BCUT2D eigenvalue weighted by Crippen LogP contribution is -2.49. The summed E-state index contributed by atoms with van der Waals surface area (Å²) >= 11 is 3.38. The molecule has 0 amide bonds. The molecule has 1 fully saturated rings. The average Bonchev–Trinajstić information content (AvgIpc) is 2.37. The molecule has 0 aliphatic carbocycles. The number of piperidine rings is 1. The quantitative estimate of drug-likeness (QED) is 0.909. The summed E-state index contributed by atoms with van der Waals surface area (Å²) in [5.41, 5.74) is 1.22. The van der Waals surface area contributed by atoms with Crippen LogP contribution < -0.4 is 4.90 Å². The van der Waals surface area contributed by atoms with Crippen molar-refractivity contribution in [2.45, 2.75) is 25.8 Å². The first-order chi connectivity index (χ1) is 9.04. The summed E-state index contributed by atoms with van der Waals surface area (Å²) in [5.74, 6) is -0.743. The van der Waals surface area contributed by atoms with Gasteiger partial charge >= 0.3 is 5.97 Å². The van der Waals surface area contributed by atoms with Gasteiger partial charge in [0.05, 0.1) is 11.3 Å². The van der Waals surface area contributed by atoms with Crippen molar-refractivity contribution in [3.05, 3.63) is 28.2 Å². The number of hydrogen-bond acceptors (Lipinski definition) is 3. The third-order valence-electron chi connectivity index (χ3n) is 3.58. The van der Waals surface area contributed by atoms with Crippen LogP contribution in [-0.2, 0) is 4.79 Å². The van der Waals surface area contributed by atoms with Crippen molar-refractivity contribution in [2.75, 3.05) is 11.4 Å². The van der Waals surface area contributed by atoms with Crippen LogP contribution in [0.2, 0.25) is 0 Å². The van der Waals surface area contributed by atoms with E-state index in [-0.39, 0.29) is 5.92 Å². The number of carboxylic acid groups (broad SMARTS) is 1. The van der Waals surface area contributed by atoms with Crippen molar-refractivity contribution in [2.24, 2.45) is 5.92 Å². The fourth-order valence-corrected chi connectivity index (χ4v) is 3.02. The highest BCUT2D eigenvalue weighted by Crippen LogP contribution is 2.32. The minimum absolute atomic E-state index is 0.0803. The molecular weight excluding hydrogens is 308 g/mol. The monoisotopic (exact) mass is 322 g/mol. The third-order valence-corrected chi connectivity index (χ3v) is 4.07. The molecule has 1 heterocycles. The van der Waals surface area contributed by atoms with Crippen LogP contribution in [0.5, 0.6) is 0 Å². The Morgan fingerprint density at radius 2 is 2.32 bits per heavy atom. The molecular formula is C14H15BrN2O2. The van der Waals surface area contributed by atoms with E-state index in [0.717, 1.165) is 17.3 Å². The first-order valence-corrected chi connectivity index (χ1v) is 7.03. The standard InChI is InChI=1S/C14H15BrN2O2/c1-9-3-2-6-17(13(9)14(18)19)12-7-11(15)5-4-10(12)8-16/h4-5,7,9,13H,2-3,6H2,1H3,(H,18,19). The van der Waals surface area contributed by atoms with E-state index in [4.69, 9.17) is 0 Å². The molecule has 2 rings (SSSR count). The van der Waals surface area contributed by atoms with Crippen molar-refractivity contribution in [3.8, 4) is 6.07 Å². The highest BCUT2D eigenvalue weighted by atomic mass is 79.9. The van der Waals surface area contributed by atoms with Gasteiger partial charge in [0.2, 0.25) is 0 Å². The molecule has 100 valence electrons. The Morgan fingerprint density at radius 3 is 2.95 bits per heavy atom. The van der Waals surface area contributed by atoms with Crippen molar-refractivity contribution >= 4 is 27.6 Å². The smallest absolute Gasteiger partial charge is 0.326 e. The molecule has 1 N–H and O–H groups in total. The molecule has 2 unspecified atom stereocenters. The molecule has 1 aromatic carbocycles. The molecule has 0 spiro atoms. The van der Waals surface area contributed by atoms with Gasteiger partial charge in [0, 0.05) is 11.0 Å². The number of nitriles is 1. The van der Waals surface area contributed by atoms with Crippen molar-refractivity contribution in [1.82, 2.24) is 0 Å². The highest BCUT2D eigenvalue weighted by molar-refractivity contribution is 9.10. The molecule has 1 aliphatic rings. The van der Waals surface area contributed by atoms with Gasteiger partial charge in [0.1, 0.15) is 12.1 Å².